The minimum Gasteiger partial charge on any atom is -0.493 e. The molecule has 24 heavy (non-hydrogen) atoms. The van der Waals surface area contributed by atoms with Gasteiger partial charge in [0.2, 0.25) is 0 Å². The first kappa shape index (κ1) is 17.9. The molecule has 0 aromatic heterocycles. The van der Waals surface area contributed by atoms with E-state index in [1.807, 2.05) is 0 Å². The number of amides is 2. The molecule has 0 aliphatic carbocycles. The van der Waals surface area contributed by atoms with Crippen LogP contribution in [-0.4, -0.2) is 25.5 Å². The van der Waals surface area contributed by atoms with Crippen LogP contribution in [0.2, 0.25) is 5.02 Å². The summed E-state index contributed by atoms with van der Waals surface area (Å²) in [5.41, 5.74) is 0.863. The molecule has 1 heterocycles. The number of nitrogens with one attached hydrogen (secondary N) is 2. The van der Waals surface area contributed by atoms with E-state index in [-0.39, 0.29) is 12.4 Å². The van der Waals surface area contributed by atoms with E-state index >= 15 is 0 Å². The van der Waals surface area contributed by atoms with Crippen molar-refractivity contribution in [1.29, 1.82) is 0 Å². The fourth-order valence-corrected chi connectivity index (χ4v) is 2.91. The number of halogens is 1. The molecule has 1 aromatic rings. The van der Waals surface area contributed by atoms with Gasteiger partial charge >= 0.3 is 6.03 Å². The Balaban J connectivity index is 2.60. The van der Waals surface area contributed by atoms with Crippen LogP contribution in [-0.2, 0) is 4.79 Å². The van der Waals surface area contributed by atoms with Crippen LogP contribution >= 0.6 is 11.6 Å². The van der Waals surface area contributed by atoms with Crippen molar-refractivity contribution in [3.63, 3.8) is 0 Å². The number of urea groups is 1. The molecule has 1 saturated heterocycles. The Hall–Kier alpha value is -2.47. The summed E-state index contributed by atoms with van der Waals surface area (Å²) in [6.45, 7) is 9.07. The van der Waals surface area contributed by atoms with E-state index in [1.165, 1.54) is 14.0 Å². The monoisotopic (exact) mass is 350 g/mol. The minimum absolute atomic E-state index is 0.147. The van der Waals surface area contributed by atoms with Crippen molar-refractivity contribution >= 4 is 23.4 Å². The molecule has 128 valence electrons. The Morgan fingerprint density at radius 2 is 2.17 bits per heavy atom. The van der Waals surface area contributed by atoms with Gasteiger partial charge in [0.05, 0.1) is 19.1 Å². The maximum Gasteiger partial charge on any atom is 0.319 e. The Kier molecular flexibility index (Phi) is 5.51. The van der Waals surface area contributed by atoms with Gasteiger partial charge in [-0.05, 0) is 13.0 Å². The standard InChI is InChI=1S/C17H19ClN2O4/c1-5-6-24-16-12(7-11(18)8-13(16)23-4)15-14(10(3)21)9(2)19-17(22)20-15/h5,7-8,14-15H,1-2,6H2,3-4H3,(H2,19,20,22)/t14-,15-/m1/s1. The number of ketones is 1. The Morgan fingerprint density at radius 1 is 1.46 bits per heavy atom. The molecule has 6 nitrogen and oxygen atoms in total. The Bertz CT molecular complexity index is 702. The number of carbonyl (C=O) groups excluding carboxylic acids is 2. The van der Waals surface area contributed by atoms with Crippen LogP contribution in [0.25, 0.3) is 0 Å². The molecule has 2 atom stereocenters. The highest BCUT2D eigenvalue weighted by Crippen LogP contribution is 2.42. The molecule has 2 amide bonds. The van der Waals surface area contributed by atoms with Crippen molar-refractivity contribution in [2.75, 3.05) is 13.7 Å². The normalized spacial score (nSPS) is 20.0. The first-order valence-electron chi connectivity index (χ1n) is 7.27. The van der Waals surface area contributed by atoms with Crippen LogP contribution in [0.4, 0.5) is 4.79 Å². The number of hydrogen-bond donors (Lipinski definition) is 2. The van der Waals surface area contributed by atoms with E-state index < -0.39 is 18.0 Å². The zero-order chi connectivity index (χ0) is 17.9. The van der Waals surface area contributed by atoms with Crippen LogP contribution in [0.15, 0.2) is 37.1 Å². The number of hydrogen-bond acceptors (Lipinski definition) is 4. The smallest absolute Gasteiger partial charge is 0.319 e. The number of rotatable bonds is 6. The van der Waals surface area contributed by atoms with Gasteiger partial charge in [-0.15, -0.1) is 0 Å². The number of carbonyl (C=O) groups is 2. The van der Waals surface area contributed by atoms with E-state index in [0.29, 0.717) is 27.8 Å². The molecule has 0 bridgehead atoms. The second-order valence-corrected chi connectivity index (χ2v) is 5.75. The molecule has 0 radical (unpaired) electrons. The summed E-state index contributed by atoms with van der Waals surface area (Å²) in [7, 11) is 1.48. The van der Waals surface area contributed by atoms with Gasteiger partial charge in [-0.2, -0.15) is 0 Å². The van der Waals surface area contributed by atoms with Crippen molar-refractivity contribution in [2.24, 2.45) is 5.92 Å². The number of benzene rings is 1. The second-order valence-electron chi connectivity index (χ2n) is 5.32. The zero-order valence-electron chi connectivity index (χ0n) is 13.5. The zero-order valence-corrected chi connectivity index (χ0v) is 14.3. The van der Waals surface area contributed by atoms with Gasteiger partial charge in [0.15, 0.2) is 11.5 Å². The predicted molar refractivity (Wildman–Crippen MR) is 91.4 cm³/mol. The van der Waals surface area contributed by atoms with Gasteiger partial charge in [-0.3, -0.25) is 4.79 Å². The van der Waals surface area contributed by atoms with Crippen LogP contribution in [0.3, 0.4) is 0 Å². The maximum absolute atomic E-state index is 12.1. The summed E-state index contributed by atoms with van der Waals surface area (Å²) in [4.78, 5) is 24.0. The molecule has 1 fully saturated rings. The molecular weight excluding hydrogens is 332 g/mol. The third kappa shape index (κ3) is 3.54. The first-order chi connectivity index (χ1) is 11.4. The second kappa shape index (κ2) is 7.40. The average Bonchev–Trinajstić information content (AvgIpc) is 2.51. The fraction of sp³-hybridized carbons (Fsp3) is 0.294. The summed E-state index contributed by atoms with van der Waals surface area (Å²) < 4.78 is 11.0. The molecule has 1 aliphatic rings. The van der Waals surface area contributed by atoms with Gasteiger partial charge in [-0.25, -0.2) is 4.79 Å². The van der Waals surface area contributed by atoms with Gasteiger partial charge in [0, 0.05) is 22.3 Å². The summed E-state index contributed by atoms with van der Waals surface area (Å²) >= 11 is 6.16. The van der Waals surface area contributed by atoms with Crippen LogP contribution < -0.4 is 20.1 Å². The van der Waals surface area contributed by atoms with Gasteiger partial charge < -0.3 is 20.1 Å². The SMILES string of the molecule is C=CCOc1c(OC)cc(Cl)cc1[C@H]1NC(=O)NC(=C)[C@@H]1C(C)=O. The number of methoxy groups -OCH3 is 1. The highest BCUT2D eigenvalue weighted by molar-refractivity contribution is 6.30. The number of ether oxygens (including phenoxy) is 2. The van der Waals surface area contributed by atoms with E-state index in [4.69, 9.17) is 21.1 Å². The first-order valence-corrected chi connectivity index (χ1v) is 7.64. The molecule has 2 rings (SSSR count). The third-order valence-corrected chi connectivity index (χ3v) is 3.87. The lowest BCUT2D eigenvalue weighted by molar-refractivity contribution is -0.120. The van der Waals surface area contributed by atoms with Crippen molar-refractivity contribution < 1.29 is 19.1 Å². The Morgan fingerprint density at radius 3 is 2.75 bits per heavy atom. The Labute approximate surface area is 145 Å². The van der Waals surface area contributed by atoms with E-state index in [2.05, 4.69) is 23.8 Å². The fourth-order valence-electron chi connectivity index (χ4n) is 2.69. The van der Waals surface area contributed by atoms with Crippen molar-refractivity contribution in [3.05, 3.63) is 47.6 Å². The highest BCUT2D eigenvalue weighted by Gasteiger charge is 2.38. The lowest BCUT2D eigenvalue weighted by atomic mass is 9.85. The van der Waals surface area contributed by atoms with Crippen LogP contribution in [0.1, 0.15) is 18.5 Å². The summed E-state index contributed by atoms with van der Waals surface area (Å²) in [6, 6.07) is 2.12. The lowest BCUT2D eigenvalue weighted by Gasteiger charge is -2.34. The molecule has 0 spiro atoms. The van der Waals surface area contributed by atoms with E-state index in [0.717, 1.165) is 0 Å². The molecule has 0 saturated carbocycles. The molecule has 0 unspecified atom stereocenters. The van der Waals surface area contributed by atoms with Crippen LogP contribution in [0, 0.1) is 5.92 Å². The van der Waals surface area contributed by atoms with Gasteiger partial charge in [0.25, 0.3) is 0 Å². The largest absolute Gasteiger partial charge is 0.493 e. The minimum atomic E-state index is -0.670. The van der Waals surface area contributed by atoms with Crippen molar-refractivity contribution in [2.45, 2.75) is 13.0 Å². The van der Waals surface area contributed by atoms with E-state index in [1.54, 1.807) is 18.2 Å². The summed E-state index contributed by atoms with van der Waals surface area (Å²) in [5.74, 6) is -0.00355. The van der Waals surface area contributed by atoms with Gasteiger partial charge in [-0.1, -0.05) is 30.8 Å². The summed E-state index contributed by atoms with van der Waals surface area (Å²) in [6.07, 6.45) is 1.58. The lowest BCUT2D eigenvalue weighted by Crippen LogP contribution is -2.50. The molecule has 7 heteroatoms. The molecular formula is C17H19ClN2O4. The molecule has 1 aliphatic heterocycles. The number of Topliss-reactive ketones (excluding diaryl/α,β-unsaturated/α-hetero) is 1. The quantitative estimate of drug-likeness (QED) is 0.773. The van der Waals surface area contributed by atoms with Gasteiger partial charge in [0.1, 0.15) is 12.4 Å². The van der Waals surface area contributed by atoms with Crippen molar-refractivity contribution in [1.82, 2.24) is 10.6 Å². The predicted octanol–water partition coefficient (Wildman–Crippen LogP) is 2.99. The summed E-state index contributed by atoms with van der Waals surface area (Å²) in [5, 5.41) is 5.66. The van der Waals surface area contributed by atoms with Crippen LogP contribution in [0.5, 0.6) is 11.5 Å². The molecule has 1 aromatic carbocycles. The molecule has 2 N–H and O–H groups in total. The highest BCUT2D eigenvalue weighted by atomic mass is 35.5. The average molecular weight is 351 g/mol. The van der Waals surface area contributed by atoms with E-state index in [9.17, 15) is 9.59 Å². The maximum atomic E-state index is 12.1. The topological polar surface area (TPSA) is 76.7 Å². The third-order valence-electron chi connectivity index (χ3n) is 3.66. The van der Waals surface area contributed by atoms with Crippen molar-refractivity contribution in [3.8, 4) is 11.5 Å².